The predicted molar refractivity (Wildman–Crippen MR) is 75.8 cm³/mol. The van der Waals surface area contributed by atoms with E-state index in [1.54, 1.807) is 6.07 Å². The molecular formula is C16H24FNO. The van der Waals surface area contributed by atoms with Crippen LogP contribution in [-0.2, 0) is 6.42 Å². The molecule has 1 aromatic carbocycles. The molecule has 19 heavy (non-hydrogen) atoms. The van der Waals surface area contributed by atoms with Crippen molar-refractivity contribution in [2.45, 2.75) is 44.9 Å². The van der Waals surface area contributed by atoms with E-state index in [0.29, 0.717) is 36.8 Å². The van der Waals surface area contributed by atoms with Gasteiger partial charge in [0.1, 0.15) is 0 Å². The van der Waals surface area contributed by atoms with Gasteiger partial charge in [-0.15, -0.1) is 0 Å². The molecule has 0 amide bonds. The molecule has 0 heterocycles. The maximum absolute atomic E-state index is 14.2. The standard InChI is InChI=1S/C16H24FNO/c17-16-14(9-5-11-18)8-4-10-15(16)19-12-13-6-2-1-3-7-13/h4,8,10,13H,1-3,5-7,9,11-12,18H2. The molecule has 0 unspecified atom stereocenters. The minimum atomic E-state index is -0.202. The van der Waals surface area contributed by atoms with Gasteiger partial charge in [0.2, 0.25) is 0 Å². The van der Waals surface area contributed by atoms with Gasteiger partial charge in [-0.1, -0.05) is 31.4 Å². The highest BCUT2D eigenvalue weighted by atomic mass is 19.1. The van der Waals surface area contributed by atoms with Gasteiger partial charge in [-0.05, 0) is 49.8 Å². The van der Waals surface area contributed by atoms with Crippen molar-refractivity contribution >= 4 is 0 Å². The summed E-state index contributed by atoms with van der Waals surface area (Å²) in [7, 11) is 0. The number of benzene rings is 1. The van der Waals surface area contributed by atoms with E-state index < -0.39 is 0 Å². The molecule has 1 saturated carbocycles. The fraction of sp³-hybridized carbons (Fsp3) is 0.625. The minimum Gasteiger partial charge on any atom is -0.490 e. The first-order valence-corrected chi connectivity index (χ1v) is 7.41. The van der Waals surface area contributed by atoms with Gasteiger partial charge >= 0.3 is 0 Å². The average molecular weight is 265 g/mol. The fourth-order valence-corrected chi connectivity index (χ4v) is 2.71. The van der Waals surface area contributed by atoms with Gasteiger partial charge in [0, 0.05) is 0 Å². The summed E-state index contributed by atoms with van der Waals surface area (Å²) in [5, 5.41) is 0. The molecule has 0 aliphatic heterocycles. The van der Waals surface area contributed by atoms with Crippen LogP contribution < -0.4 is 10.5 Å². The molecule has 0 radical (unpaired) electrons. The molecule has 106 valence electrons. The Labute approximate surface area is 115 Å². The summed E-state index contributed by atoms with van der Waals surface area (Å²) in [6.07, 6.45) is 7.83. The third-order valence-corrected chi connectivity index (χ3v) is 3.89. The normalized spacial score (nSPS) is 16.5. The van der Waals surface area contributed by atoms with E-state index in [2.05, 4.69) is 0 Å². The highest BCUT2D eigenvalue weighted by Crippen LogP contribution is 2.26. The molecule has 2 N–H and O–H groups in total. The summed E-state index contributed by atoms with van der Waals surface area (Å²) >= 11 is 0. The average Bonchev–Trinajstić information content (AvgIpc) is 2.46. The Hall–Kier alpha value is -1.09. The Balaban J connectivity index is 1.91. The van der Waals surface area contributed by atoms with Gasteiger partial charge in [-0.25, -0.2) is 4.39 Å². The summed E-state index contributed by atoms with van der Waals surface area (Å²) in [5.74, 6) is 0.799. The zero-order valence-electron chi connectivity index (χ0n) is 11.5. The number of hydrogen-bond donors (Lipinski definition) is 1. The molecule has 1 aliphatic carbocycles. The van der Waals surface area contributed by atoms with Crippen LogP contribution in [0.3, 0.4) is 0 Å². The first-order chi connectivity index (χ1) is 9.31. The van der Waals surface area contributed by atoms with Crippen LogP contribution in [0.4, 0.5) is 4.39 Å². The number of rotatable bonds is 6. The lowest BCUT2D eigenvalue weighted by atomic mass is 9.90. The number of hydrogen-bond acceptors (Lipinski definition) is 2. The largest absolute Gasteiger partial charge is 0.490 e. The Morgan fingerprint density at radius 3 is 2.74 bits per heavy atom. The summed E-state index contributed by atoms with van der Waals surface area (Å²) in [5.41, 5.74) is 6.18. The molecule has 0 spiro atoms. The summed E-state index contributed by atoms with van der Waals surface area (Å²) in [4.78, 5) is 0. The minimum absolute atomic E-state index is 0.202. The van der Waals surface area contributed by atoms with Crippen LogP contribution >= 0.6 is 0 Å². The summed E-state index contributed by atoms with van der Waals surface area (Å²) < 4.78 is 19.9. The van der Waals surface area contributed by atoms with E-state index in [1.165, 1.54) is 32.1 Å². The van der Waals surface area contributed by atoms with E-state index in [1.807, 2.05) is 12.1 Å². The van der Waals surface area contributed by atoms with E-state index in [-0.39, 0.29) is 5.82 Å². The van der Waals surface area contributed by atoms with Crippen LogP contribution in [0, 0.1) is 11.7 Å². The second-order valence-corrected chi connectivity index (χ2v) is 5.44. The van der Waals surface area contributed by atoms with Crippen molar-refractivity contribution in [2.75, 3.05) is 13.2 Å². The molecule has 1 fully saturated rings. The first-order valence-electron chi connectivity index (χ1n) is 7.41. The SMILES string of the molecule is NCCCc1cccc(OCC2CCCCC2)c1F. The van der Waals surface area contributed by atoms with E-state index in [0.717, 1.165) is 6.42 Å². The molecular weight excluding hydrogens is 241 g/mol. The van der Waals surface area contributed by atoms with E-state index in [9.17, 15) is 4.39 Å². The number of aryl methyl sites for hydroxylation is 1. The van der Waals surface area contributed by atoms with Crippen molar-refractivity contribution < 1.29 is 9.13 Å². The Bertz CT molecular complexity index is 388. The lowest BCUT2D eigenvalue weighted by Gasteiger charge is -2.22. The van der Waals surface area contributed by atoms with Crippen LogP contribution in [0.25, 0.3) is 0 Å². The molecule has 3 heteroatoms. The van der Waals surface area contributed by atoms with Gasteiger partial charge in [-0.3, -0.25) is 0 Å². The third-order valence-electron chi connectivity index (χ3n) is 3.89. The number of halogens is 1. The third kappa shape index (κ3) is 4.20. The molecule has 0 aromatic heterocycles. The maximum Gasteiger partial charge on any atom is 0.168 e. The van der Waals surface area contributed by atoms with Gasteiger partial charge < -0.3 is 10.5 Å². The van der Waals surface area contributed by atoms with Crippen LogP contribution in [0.15, 0.2) is 18.2 Å². The highest BCUT2D eigenvalue weighted by molar-refractivity contribution is 5.31. The molecule has 0 saturated heterocycles. The Morgan fingerprint density at radius 2 is 2.00 bits per heavy atom. The van der Waals surface area contributed by atoms with Crippen molar-refractivity contribution in [3.63, 3.8) is 0 Å². The molecule has 2 rings (SSSR count). The topological polar surface area (TPSA) is 35.2 Å². The molecule has 1 aliphatic rings. The van der Waals surface area contributed by atoms with Crippen molar-refractivity contribution in [3.05, 3.63) is 29.6 Å². The molecule has 0 atom stereocenters. The quantitative estimate of drug-likeness (QED) is 0.851. The zero-order valence-corrected chi connectivity index (χ0v) is 11.5. The number of ether oxygens (including phenoxy) is 1. The van der Waals surface area contributed by atoms with E-state index in [4.69, 9.17) is 10.5 Å². The lowest BCUT2D eigenvalue weighted by molar-refractivity contribution is 0.202. The van der Waals surface area contributed by atoms with Gasteiger partial charge in [0.05, 0.1) is 6.61 Å². The molecule has 1 aromatic rings. The van der Waals surface area contributed by atoms with Crippen LogP contribution in [0.1, 0.15) is 44.1 Å². The van der Waals surface area contributed by atoms with Gasteiger partial charge in [0.25, 0.3) is 0 Å². The molecule has 0 bridgehead atoms. The summed E-state index contributed by atoms with van der Waals surface area (Å²) in [6, 6.07) is 5.41. The second-order valence-electron chi connectivity index (χ2n) is 5.44. The highest BCUT2D eigenvalue weighted by Gasteiger charge is 2.15. The number of nitrogens with two attached hydrogens (primary N) is 1. The van der Waals surface area contributed by atoms with Gasteiger partial charge in [-0.2, -0.15) is 0 Å². The Morgan fingerprint density at radius 1 is 1.21 bits per heavy atom. The Kier molecular flexibility index (Phi) is 5.64. The van der Waals surface area contributed by atoms with E-state index >= 15 is 0 Å². The first kappa shape index (κ1) is 14.3. The van der Waals surface area contributed by atoms with Crippen molar-refractivity contribution in [1.82, 2.24) is 0 Å². The monoisotopic (exact) mass is 265 g/mol. The van der Waals surface area contributed by atoms with Gasteiger partial charge in [0.15, 0.2) is 11.6 Å². The second kappa shape index (κ2) is 7.49. The lowest BCUT2D eigenvalue weighted by Crippen LogP contribution is -2.16. The smallest absolute Gasteiger partial charge is 0.168 e. The zero-order chi connectivity index (χ0) is 13.5. The van der Waals surface area contributed by atoms with Crippen molar-refractivity contribution in [2.24, 2.45) is 11.7 Å². The van der Waals surface area contributed by atoms with Crippen LogP contribution in [0.2, 0.25) is 0 Å². The molecule has 2 nitrogen and oxygen atoms in total. The van der Waals surface area contributed by atoms with Crippen molar-refractivity contribution in [1.29, 1.82) is 0 Å². The maximum atomic E-state index is 14.2. The fourth-order valence-electron chi connectivity index (χ4n) is 2.71. The predicted octanol–water partition coefficient (Wildman–Crippen LogP) is 3.68. The van der Waals surface area contributed by atoms with Crippen molar-refractivity contribution in [3.8, 4) is 5.75 Å². The van der Waals surface area contributed by atoms with Crippen LogP contribution in [0.5, 0.6) is 5.75 Å². The summed E-state index contributed by atoms with van der Waals surface area (Å²) in [6.45, 7) is 1.24. The van der Waals surface area contributed by atoms with Crippen LogP contribution in [-0.4, -0.2) is 13.2 Å².